The first kappa shape index (κ1) is 22.5. The van der Waals surface area contributed by atoms with Gasteiger partial charge in [-0.05, 0) is 55.8 Å². The van der Waals surface area contributed by atoms with E-state index in [1.54, 1.807) is 6.07 Å². The molecule has 4 rings (SSSR count). The molecule has 2 heterocycles. The van der Waals surface area contributed by atoms with Crippen molar-refractivity contribution in [2.75, 3.05) is 57.3 Å². The van der Waals surface area contributed by atoms with Crippen LogP contribution in [0.5, 0.6) is 0 Å². The molecule has 31 heavy (non-hydrogen) atoms. The molecule has 168 valence electrons. The van der Waals surface area contributed by atoms with Crippen molar-refractivity contribution < 1.29 is 18.3 Å². The van der Waals surface area contributed by atoms with Crippen molar-refractivity contribution in [3.63, 3.8) is 0 Å². The molecule has 0 aliphatic carbocycles. The summed E-state index contributed by atoms with van der Waals surface area (Å²) >= 11 is 1.54. The third-order valence-corrected chi connectivity index (χ3v) is 7.07. The molecular weight excluding hydrogens is 423 g/mol. The molecule has 0 bridgehead atoms. The van der Waals surface area contributed by atoms with Gasteiger partial charge >= 0.3 is 6.18 Å². The lowest BCUT2D eigenvalue weighted by Crippen LogP contribution is -2.47. The minimum absolute atomic E-state index is 0.186. The number of fused-ring (bicyclic) bond motifs is 2. The van der Waals surface area contributed by atoms with Crippen molar-refractivity contribution >= 4 is 23.1 Å². The van der Waals surface area contributed by atoms with E-state index in [-0.39, 0.29) is 6.61 Å². The Balaban J connectivity index is 1.50. The summed E-state index contributed by atoms with van der Waals surface area (Å²) in [4.78, 5) is 8.66. The Bertz CT molecular complexity index is 913. The fourth-order valence-electron chi connectivity index (χ4n) is 4.24. The van der Waals surface area contributed by atoms with Gasteiger partial charge in [0, 0.05) is 49.1 Å². The summed E-state index contributed by atoms with van der Waals surface area (Å²) in [5, 5.41) is 9.09. The maximum absolute atomic E-state index is 13.4. The van der Waals surface area contributed by atoms with E-state index in [9.17, 15) is 13.2 Å². The van der Waals surface area contributed by atoms with Crippen LogP contribution in [-0.2, 0) is 6.18 Å². The first-order valence-corrected chi connectivity index (χ1v) is 11.5. The maximum Gasteiger partial charge on any atom is 0.416 e. The van der Waals surface area contributed by atoms with E-state index >= 15 is 0 Å². The lowest BCUT2D eigenvalue weighted by molar-refractivity contribution is -0.137. The second kappa shape index (κ2) is 9.40. The van der Waals surface area contributed by atoms with Crippen LogP contribution in [0.4, 0.5) is 24.5 Å². The third-order valence-electron chi connectivity index (χ3n) is 5.94. The Labute approximate surface area is 185 Å². The van der Waals surface area contributed by atoms with Gasteiger partial charge in [-0.15, -0.1) is 0 Å². The largest absolute Gasteiger partial charge is 0.416 e. The average molecular weight is 452 g/mol. The lowest BCUT2D eigenvalue weighted by atomic mass is 10.1. The molecule has 1 N–H and O–H groups in total. The molecule has 2 aromatic rings. The first-order valence-electron chi connectivity index (χ1n) is 10.7. The van der Waals surface area contributed by atoms with E-state index in [4.69, 9.17) is 5.11 Å². The van der Waals surface area contributed by atoms with Gasteiger partial charge in [0.1, 0.15) is 0 Å². The highest BCUT2D eigenvalue weighted by Gasteiger charge is 2.33. The summed E-state index contributed by atoms with van der Waals surface area (Å²) in [6, 6.07) is 10.2. The van der Waals surface area contributed by atoms with E-state index < -0.39 is 11.7 Å². The Morgan fingerprint density at radius 1 is 0.871 bits per heavy atom. The molecule has 0 spiro atoms. The van der Waals surface area contributed by atoms with Crippen molar-refractivity contribution in [1.82, 2.24) is 9.80 Å². The van der Waals surface area contributed by atoms with Gasteiger partial charge < -0.3 is 14.9 Å². The molecule has 0 unspecified atom stereocenters. The standard InChI is InChI=1S/C23H28F3N3OS/c1-17-3-5-21-19(15-17)29(8-2-7-27-9-11-28(12-10-27)13-14-30)20-16-18(23(24,25)26)4-6-22(20)31-21/h3-6,15-16,30H,2,7-14H2,1H3. The molecule has 2 aliphatic heterocycles. The number of anilines is 2. The Morgan fingerprint density at radius 3 is 2.13 bits per heavy atom. The van der Waals surface area contributed by atoms with Crippen molar-refractivity contribution in [2.45, 2.75) is 29.3 Å². The number of aryl methyl sites for hydroxylation is 1. The number of benzene rings is 2. The lowest BCUT2D eigenvalue weighted by Gasteiger charge is -2.36. The predicted octanol–water partition coefficient (Wildman–Crippen LogP) is 4.62. The summed E-state index contributed by atoms with van der Waals surface area (Å²) < 4.78 is 40.1. The quantitative estimate of drug-likeness (QED) is 0.693. The predicted molar refractivity (Wildman–Crippen MR) is 118 cm³/mol. The normalized spacial score (nSPS) is 17.5. The van der Waals surface area contributed by atoms with Crippen LogP contribution in [0, 0.1) is 6.92 Å². The van der Waals surface area contributed by atoms with Gasteiger partial charge in [0.2, 0.25) is 0 Å². The van der Waals surface area contributed by atoms with Gasteiger partial charge in [0.05, 0.1) is 23.5 Å². The third kappa shape index (κ3) is 5.19. The number of aliphatic hydroxyl groups excluding tert-OH is 1. The summed E-state index contributed by atoms with van der Waals surface area (Å²) in [7, 11) is 0. The molecule has 0 amide bonds. The van der Waals surface area contributed by atoms with Gasteiger partial charge in [0.25, 0.3) is 0 Å². The van der Waals surface area contributed by atoms with Crippen molar-refractivity contribution in [2.24, 2.45) is 0 Å². The van der Waals surface area contributed by atoms with E-state index in [1.807, 2.05) is 13.0 Å². The maximum atomic E-state index is 13.4. The smallest absolute Gasteiger partial charge is 0.395 e. The van der Waals surface area contributed by atoms with Crippen molar-refractivity contribution in [3.8, 4) is 0 Å². The molecule has 0 radical (unpaired) electrons. The van der Waals surface area contributed by atoms with Crippen LogP contribution in [0.2, 0.25) is 0 Å². The molecule has 2 aliphatic rings. The van der Waals surface area contributed by atoms with E-state index in [0.717, 1.165) is 60.2 Å². The molecule has 1 fully saturated rings. The summed E-state index contributed by atoms with van der Waals surface area (Å²) in [6.45, 7) is 8.30. The monoisotopic (exact) mass is 451 g/mol. The Kier molecular flexibility index (Phi) is 6.81. The van der Waals surface area contributed by atoms with E-state index in [0.29, 0.717) is 18.8 Å². The number of alkyl halides is 3. The first-order chi connectivity index (χ1) is 14.8. The molecule has 1 saturated heterocycles. The van der Waals surface area contributed by atoms with Gasteiger partial charge in [-0.1, -0.05) is 17.8 Å². The fourth-order valence-corrected chi connectivity index (χ4v) is 5.29. The highest BCUT2D eigenvalue weighted by molar-refractivity contribution is 7.99. The Hall–Kier alpha value is -1.74. The minimum atomic E-state index is -4.35. The van der Waals surface area contributed by atoms with Crippen molar-refractivity contribution in [1.29, 1.82) is 0 Å². The number of hydrogen-bond acceptors (Lipinski definition) is 5. The number of piperazine rings is 1. The molecular formula is C23H28F3N3OS. The van der Waals surface area contributed by atoms with Gasteiger partial charge in [-0.25, -0.2) is 0 Å². The number of hydrogen-bond donors (Lipinski definition) is 1. The number of aliphatic hydroxyl groups is 1. The second-order valence-corrected chi connectivity index (χ2v) is 9.25. The topological polar surface area (TPSA) is 30.0 Å². The van der Waals surface area contributed by atoms with E-state index in [2.05, 4.69) is 26.8 Å². The molecule has 8 heteroatoms. The molecule has 4 nitrogen and oxygen atoms in total. The van der Waals surface area contributed by atoms with Crippen LogP contribution in [-0.4, -0.2) is 67.3 Å². The van der Waals surface area contributed by atoms with E-state index in [1.165, 1.54) is 23.9 Å². The zero-order valence-corrected chi connectivity index (χ0v) is 18.5. The highest BCUT2D eigenvalue weighted by Crippen LogP contribution is 2.49. The molecule has 0 atom stereocenters. The molecule has 2 aromatic carbocycles. The number of rotatable bonds is 6. The minimum Gasteiger partial charge on any atom is -0.395 e. The van der Waals surface area contributed by atoms with Crippen LogP contribution in [0.15, 0.2) is 46.2 Å². The average Bonchev–Trinajstić information content (AvgIpc) is 2.74. The molecule has 0 saturated carbocycles. The summed E-state index contributed by atoms with van der Waals surface area (Å²) in [6.07, 6.45) is -3.49. The van der Waals surface area contributed by atoms with Crippen molar-refractivity contribution in [3.05, 3.63) is 47.5 Å². The highest BCUT2D eigenvalue weighted by atomic mass is 32.2. The van der Waals surface area contributed by atoms with Crippen LogP contribution >= 0.6 is 11.8 Å². The summed E-state index contributed by atoms with van der Waals surface area (Å²) in [5.74, 6) is 0. The number of β-amino-alcohol motifs (C(OH)–C–C–N with tert-alkyl or cyclic N) is 1. The van der Waals surface area contributed by atoms with Crippen LogP contribution in [0.25, 0.3) is 0 Å². The molecule has 0 aromatic heterocycles. The Morgan fingerprint density at radius 2 is 1.48 bits per heavy atom. The van der Waals surface area contributed by atoms with Gasteiger partial charge in [-0.2, -0.15) is 13.2 Å². The fraction of sp³-hybridized carbons (Fsp3) is 0.478. The number of nitrogens with zero attached hydrogens (tertiary/aromatic N) is 3. The van der Waals surface area contributed by atoms with Gasteiger partial charge in [-0.3, -0.25) is 4.90 Å². The zero-order valence-electron chi connectivity index (χ0n) is 17.7. The van der Waals surface area contributed by atoms with Crippen LogP contribution in [0.3, 0.4) is 0 Å². The van der Waals surface area contributed by atoms with Gasteiger partial charge in [0.15, 0.2) is 0 Å². The van der Waals surface area contributed by atoms with Crippen LogP contribution < -0.4 is 4.90 Å². The summed E-state index contributed by atoms with van der Waals surface area (Å²) in [5.41, 5.74) is 2.13. The van der Waals surface area contributed by atoms with Crippen LogP contribution in [0.1, 0.15) is 17.5 Å². The zero-order chi connectivity index (χ0) is 22.0. The SMILES string of the molecule is Cc1ccc2c(c1)N(CCCN1CCN(CCO)CC1)c1cc(C(F)(F)F)ccc1S2. The number of halogens is 3. The second-order valence-electron chi connectivity index (χ2n) is 8.17.